The first-order valence-corrected chi connectivity index (χ1v) is 7.48. The quantitative estimate of drug-likeness (QED) is 0.912. The largest absolute Gasteiger partial charge is 0.316 e. The van der Waals surface area contributed by atoms with Gasteiger partial charge in [0.15, 0.2) is 0 Å². The standard InChI is InChI=1S/C16H22ClN3/c1-5-14-16(15(6-2)20(4)19-14)11-7-8-12(10-18-3)13(17)9-11/h7-9,18H,5-6,10H2,1-4H3. The van der Waals surface area contributed by atoms with Gasteiger partial charge in [-0.15, -0.1) is 0 Å². The topological polar surface area (TPSA) is 29.9 Å². The average Bonchev–Trinajstić information content (AvgIpc) is 2.77. The van der Waals surface area contributed by atoms with Crippen molar-refractivity contribution in [2.45, 2.75) is 33.2 Å². The highest BCUT2D eigenvalue weighted by molar-refractivity contribution is 6.31. The highest BCUT2D eigenvalue weighted by Gasteiger charge is 2.16. The van der Waals surface area contributed by atoms with E-state index in [1.54, 1.807) is 0 Å². The Morgan fingerprint density at radius 1 is 1.25 bits per heavy atom. The number of nitrogens with zero attached hydrogens (tertiary/aromatic N) is 2. The van der Waals surface area contributed by atoms with Gasteiger partial charge in [0.2, 0.25) is 0 Å². The Morgan fingerprint density at radius 2 is 2.00 bits per heavy atom. The smallest absolute Gasteiger partial charge is 0.0703 e. The molecule has 0 aliphatic carbocycles. The van der Waals surface area contributed by atoms with Crippen molar-refractivity contribution in [2.75, 3.05) is 7.05 Å². The van der Waals surface area contributed by atoms with Crippen molar-refractivity contribution in [1.29, 1.82) is 0 Å². The second kappa shape index (κ2) is 6.42. The monoisotopic (exact) mass is 291 g/mol. The Kier molecular flexibility index (Phi) is 4.84. The molecule has 0 atom stereocenters. The number of hydrogen-bond acceptors (Lipinski definition) is 2. The van der Waals surface area contributed by atoms with Gasteiger partial charge in [0.05, 0.1) is 5.69 Å². The van der Waals surface area contributed by atoms with E-state index in [1.807, 2.05) is 18.8 Å². The second-order valence-corrected chi connectivity index (χ2v) is 5.34. The third-order valence-electron chi connectivity index (χ3n) is 3.62. The third-order valence-corrected chi connectivity index (χ3v) is 3.97. The van der Waals surface area contributed by atoms with Gasteiger partial charge < -0.3 is 5.32 Å². The summed E-state index contributed by atoms with van der Waals surface area (Å²) in [5.74, 6) is 0. The van der Waals surface area contributed by atoms with Gasteiger partial charge >= 0.3 is 0 Å². The van der Waals surface area contributed by atoms with Crippen LogP contribution in [-0.4, -0.2) is 16.8 Å². The molecular weight excluding hydrogens is 270 g/mol. The first kappa shape index (κ1) is 15.1. The second-order valence-electron chi connectivity index (χ2n) is 4.94. The third kappa shape index (κ3) is 2.74. The maximum atomic E-state index is 6.39. The minimum atomic E-state index is 0.785. The summed E-state index contributed by atoms with van der Waals surface area (Å²) in [5, 5.41) is 8.57. The molecule has 0 radical (unpaired) electrons. The average molecular weight is 292 g/mol. The van der Waals surface area contributed by atoms with Crippen molar-refractivity contribution >= 4 is 11.6 Å². The summed E-state index contributed by atoms with van der Waals surface area (Å²) in [6.45, 7) is 5.09. The molecule has 20 heavy (non-hydrogen) atoms. The lowest BCUT2D eigenvalue weighted by Gasteiger charge is -2.09. The van der Waals surface area contributed by atoms with Crippen molar-refractivity contribution < 1.29 is 0 Å². The predicted molar refractivity (Wildman–Crippen MR) is 85.2 cm³/mol. The minimum Gasteiger partial charge on any atom is -0.316 e. The Balaban J connectivity index is 2.53. The molecule has 0 saturated carbocycles. The molecule has 1 N–H and O–H groups in total. The first-order valence-electron chi connectivity index (χ1n) is 7.10. The van der Waals surface area contributed by atoms with Gasteiger partial charge in [-0.05, 0) is 37.1 Å². The molecule has 1 aromatic carbocycles. The van der Waals surface area contributed by atoms with E-state index >= 15 is 0 Å². The molecule has 2 aromatic rings. The lowest BCUT2D eigenvalue weighted by Crippen LogP contribution is -2.05. The van der Waals surface area contributed by atoms with Crippen molar-refractivity contribution in [1.82, 2.24) is 15.1 Å². The van der Waals surface area contributed by atoms with Gasteiger partial charge in [0, 0.05) is 29.9 Å². The maximum absolute atomic E-state index is 6.39. The zero-order chi connectivity index (χ0) is 14.7. The summed E-state index contributed by atoms with van der Waals surface area (Å²) in [4.78, 5) is 0. The van der Waals surface area contributed by atoms with Gasteiger partial charge in [0.25, 0.3) is 0 Å². The van der Waals surface area contributed by atoms with Crippen LogP contribution in [0.25, 0.3) is 11.1 Å². The molecule has 0 bridgehead atoms. The predicted octanol–water partition coefficient (Wildman–Crippen LogP) is 3.58. The van der Waals surface area contributed by atoms with Gasteiger partial charge in [-0.2, -0.15) is 5.10 Å². The number of aryl methyl sites for hydroxylation is 2. The van der Waals surface area contributed by atoms with Crippen molar-refractivity contribution in [3.63, 3.8) is 0 Å². The molecule has 108 valence electrons. The Morgan fingerprint density at radius 3 is 2.55 bits per heavy atom. The fourth-order valence-electron chi connectivity index (χ4n) is 2.64. The zero-order valence-electron chi connectivity index (χ0n) is 12.6. The van der Waals surface area contributed by atoms with Crippen LogP contribution in [-0.2, 0) is 26.4 Å². The molecule has 0 spiro atoms. The molecule has 0 unspecified atom stereocenters. The number of benzene rings is 1. The summed E-state index contributed by atoms with van der Waals surface area (Å²) in [6, 6.07) is 6.30. The van der Waals surface area contributed by atoms with Gasteiger partial charge in [0.1, 0.15) is 0 Å². The summed E-state index contributed by atoms with van der Waals surface area (Å²) in [7, 11) is 3.94. The highest BCUT2D eigenvalue weighted by Crippen LogP contribution is 2.31. The van der Waals surface area contributed by atoms with Gasteiger partial charge in [-0.1, -0.05) is 37.6 Å². The van der Waals surface area contributed by atoms with Gasteiger partial charge in [-0.25, -0.2) is 0 Å². The van der Waals surface area contributed by atoms with Crippen molar-refractivity contribution in [3.8, 4) is 11.1 Å². The Bertz CT molecular complexity index is 602. The van der Waals surface area contributed by atoms with Crippen molar-refractivity contribution in [2.24, 2.45) is 7.05 Å². The molecule has 0 amide bonds. The highest BCUT2D eigenvalue weighted by atomic mass is 35.5. The van der Waals surface area contributed by atoms with Crippen LogP contribution in [0.1, 0.15) is 30.8 Å². The molecule has 2 rings (SSSR count). The fraction of sp³-hybridized carbons (Fsp3) is 0.438. The van der Waals surface area contributed by atoms with E-state index in [4.69, 9.17) is 11.6 Å². The number of aromatic nitrogens is 2. The molecule has 4 heteroatoms. The molecular formula is C16H22ClN3. The van der Waals surface area contributed by atoms with Crippen LogP contribution in [0.5, 0.6) is 0 Å². The maximum Gasteiger partial charge on any atom is 0.0703 e. The van der Waals surface area contributed by atoms with E-state index in [1.165, 1.54) is 11.3 Å². The lowest BCUT2D eigenvalue weighted by atomic mass is 9.99. The van der Waals surface area contributed by atoms with Crippen LogP contribution in [0.15, 0.2) is 18.2 Å². The van der Waals surface area contributed by atoms with E-state index in [0.717, 1.165) is 41.2 Å². The summed E-state index contributed by atoms with van der Waals surface area (Å²) >= 11 is 6.39. The Labute approximate surface area is 126 Å². The number of rotatable bonds is 5. The fourth-order valence-corrected chi connectivity index (χ4v) is 2.89. The van der Waals surface area contributed by atoms with Gasteiger partial charge in [-0.3, -0.25) is 4.68 Å². The normalized spacial score (nSPS) is 11.1. The zero-order valence-corrected chi connectivity index (χ0v) is 13.4. The number of halogens is 1. The van der Waals surface area contributed by atoms with Crippen LogP contribution in [0.4, 0.5) is 0 Å². The molecule has 0 saturated heterocycles. The van der Waals surface area contributed by atoms with Crippen LogP contribution in [0.3, 0.4) is 0 Å². The van der Waals surface area contributed by atoms with E-state index in [2.05, 4.69) is 42.5 Å². The molecule has 1 aromatic heterocycles. The molecule has 1 heterocycles. The van der Waals surface area contributed by atoms with Crippen molar-refractivity contribution in [3.05, 3.63) is 40.2 Å². The van der Waals surface area contributed by atoms with Crippen LogP contribution < -0.4 is 5.32 Å². The summed E-state index contributed by atoms with van der Waals surface area (Å²) < 4.78 is 1.99. The van der Waals surface area contributed by atoms with Crippen LogP contribution in [0.2, 0.25) is 5.02 Å². The molecule has 3 nitrogen and oxygen atoms in total. The van der Waals surface area contributed by atoms with E-state index in [9.17, 15) is 0 Å². The van der Waals surface area contributed by atoms with E-state index < -0.39 is 0 Å². The molecule has 0 aliphatic heterocycles. The first-order chi connectivity index (χ1) is 9.62. The van der Waals surface area contributed by atoms with E-state index in [-0.39, 0.29) is 0 Å². The Hall–Kier alpha value is -1.32. The number of hydrogen-bond donors (Lipinski definition) is 1. The van der Waals surface area contributed by atoms with Crippen LogP contribution >= 0.6 is 11.6 Å². The van der Waals surface area contributed by atoms with Crippen LogP contribution in [0, 0.1) is 0 Å². The summed E-state index contributed by atoms with van der Waals surface area (Å²) in [5.41, 5.74) is 5.94. The summed E-state index contributed by atoms with van der Waals surface area (Å²) in [6.07, 6.45) is 1.90. The molecule has 0 fully saturated rings. The SMILES string of the molecule is CCc1nn(C)c(CC)c1-c1ccc(CNC)c(Cl)c1. The number of nitrogens with one attached hydrogen (secondary N) is 1. The van der Waals surface area contributed by atoms with E-state index in [0.29, 0.717) is 0 Å². The minimum absolute atomic E-state index is 0.785. The molecule has 0 aliphatic rings. The lowest BCUT2D eigenvalue weighted by molar-refractivity contribution is 0.705.